The maximum atomic E-state index is 14.7. The summed E-state index contributed by atoms with van der Waals surface area (Å²) in [5.41, 5.74) is -0.338. The number of carbonyl (C=O) groups is 2. The molecule has 1 aliphatic rings. The van der Waals surface area contributed by atoms with Gasteiger partial charge in [-0.25, -0.2) is 4.39 Å². The molecule has 1 heterocycles. The molecule has 2 aromatic carbocycles. The first-order valence-corrected chi connectivity index (χ1v) is 10.2. The van der Waals surface area contributed by atoms with Crippen molar-refractivity contribution in [1.82, 2.24) is 4.90 Å². The van der Waals surface area contributed by atoms with Crippen LogP contribution in [0.2, 0.25) is 10.0 Å². The quantitative estimate of drug-likeness (QED) is 0.360. The van der Waals surface area contributed by atoms with Crippen LogP contribution in [-0.4, -0.2) is 56.2 Å². The molecule has 32 heavy (non-hydrogen) atoms. The zero-order valence-corrected chi connectivity index (χ0v) is 19.0. The Morgan fingerprint density at radius 1 is 1.12 bits per heavy atom. The van der Waals surface area contributed by atoms with E-state index in [2.05, 4.69) is 0 Å². The number of halogens is 3. The molecule has 0 aromatic heterocycles. The number of ketones is 1. The Hall–Kier alpha value is -2.81. The Kier molecular flexibility index (Phi) is 7.28. The minimum Gasteiger partial charge on any atom is -0.507 e. The van der Waals surface area contributed by atoms with Crippen molar-refractivity contribution in [1.29, 1.82) is 0 Å². The molecule has 1 fully saturated rings. The van der Waals surface area contributed by atoms with Crippen LogP contribution >= 0.6 is 23.2 Å². The molecule has 0 spiro atoms. The van der Waals surface area contributed by atoms with Crippen molar-refractivity contribution in [2.75, 3.05) is 34.5 Å². The highest BCUT2D eigenvalue weighted by molar-refractivity contribution is 6.47. The van der Waals surface area contributed by atoms with E-state index in [1.165, 1.54) is 45.6 Å². The molecule has 0 aliphatic carbocycles. The number of aliphatic hydroxyl groups excluding tert-OH is 1. The van der Waals surface area contributed by atoms with Gasteiger partial charge in [0.05, 0.1) is 43.0 Å². The molecule has 1 N–H and O–H groups in total. The van der Waals surface area contributed by atoms with Crippen LogP contribution in [0.15, 0.2) is 35.9 Å². The number of carbonyl (C=O) groups excluding carboxylic acids is 2. The van der Waals surface area contributed by atoms with Crippen molar-refractivity contribution in [3.63, 3.8) is 0 Å². The second-order valence-corrected chi connectivity index (χ2v) is 7.58. The monoisotopic (exact) mass is 483 g/mol. The first kappa shape index (κ1) is 23.8. The van der Waals surface area contributed by atoms with Gasteiger partial charge in [0.15, 0.2) is 11.5 Å². The lowest BCUT2D eigenvalue weighted by Gasteiger charge is -2.25. The minimum atomic E-state index is -1.20. The summed E-state index contributed by atoms with van der Waals surface area (Å²) < 4.78 is 30.2. The van der Waals surface area contributed by atoms with Crippen molar-refractivity contribution in [3.05, 3.63) is 62.9 Å². The van der Waals surface area contributed by atoms with Gasteiger partial charge in [-0.05, 0) is 12.1 Å². The van der Waals surface area contributed by atoms with Crippen LogP contribution < -0.4 is 9.47 Å². The number of hydrogen-bond donors (Lipinski definition) is 1. The Morgan fingerprint density at radius 2 is 1.78 bits per heavy atom. The van der Waals surface area contributed by atoms with E-state index in [0.717, 1.165) is 4.90 Å². The summed E-state index contributed by atoms with van der Waals surface area (Å²) in [6.07, 6.45) is 0. The zero-order chi connectivity index (χ0) is 23.6. The fourth-order valence-corrected chi connectivity index (χ4v) is 4.30. The number of nitrogens with zero attached hydrogens (tertiary/aromatic N) is 1. The van der Waals surface area contributed by atoms with E-state index >= 15 is 0 Å². The average Bonchev–Trinajstić information content (AvgIpc) is 3.02. The van der Waals surface area contributed by atoms with Gasteiger partial charge < -0.3 is 24.2 Å². The smallest absolute Gasteiger partial charge is 0.295 e. The molecule has 3 rings (SSSR count). The van der Waals surface area contributed by atoms with Gasteiger partial charge in [-0.1, -0.05) is 41.4 Å². The number of rotatable bonds is 7. The molecule has 1 amide bonds. The molecule has 0 radical (unpaired) electrons. The average molecular weight is 484 g/mol. The summed E-state index contributed by atoms with van der Waals surface area (Å²) >= 11 is 12.5. The van der Waals surface area contributed by atoms with E-state index in [4.69, 9.17) is 37.4 Å². The van der Waals surface area contributed by atoms with Crippen LogP contribution in [0.3, 0.4) is 0 Å². The zero-order valence-electron chi connectivity index (χ0n) is 17.4. The third-order valence-corrected chi connectivity index (χ3v) is 5.69. The number of hydrogen-bond acceptors (Lipinski definition) is 6. The van der Waals surface area contributed by atoms with Crippen LogP contribution in [0.5, 0.6) is 11.5 Å². The number of ether oxygens (including phenoxy) is 3. The van der Waals surface area contributed by atoms with Crippen LogP contribution in [0.4, 0.5) is 4.39 Å². The summed E-state index contributed by atoms with van der Waals surface area (Å²) in [5.74, 6) is -3.07. The number of amides is 1. The largest absolute Gasteiger partial charge is 0.507 e. The van der Waals surface area contributed by atoms with Crippen molar-refractivity contribution in [2.24, 2.45) is 0 Å². The third-order valence-electron chi connectivity index (χ3n) is 5.07. The molecule has 1 unspecified atom stereocenters. The third kappa shape index (κ3) is 4.01. The number of methoxy groups -OCH3 is 3. The predicted molar refractivity (Wildman–Crippen MR) is 117 cm³/mol. The molecule has 1 aliphatic heterocycles. The maximum Gasteiger partial charge on any atom is 0.295 e. The van der Waals surface area contributed by atoms with E-state index in [0.29, 0.717) is 0 Å². The molecule has 10 heteroatoms. The molecule has 7 nitrogen and oxygen atoms in total. The molecule has 2 aromatic rings. The van der Waals surface area contributed by atoms with E-state index < -0.39 is 29.3 Å². The van der Waals surface area contributed by atoms with Crippen LogP contribution in [-0.2, 0) is 14.3 Å². The van der Waals surface area contributed by atoms with Gasteiger partial charge in [-0.2, -0.15) is 0 Å². The normalized spacial score (nSPS) is 17.7. The number of Topliss-reactive ketones (excluding diaryl/α,β-unsaturated/α-hetero) is 1. The summed E-state index contributed by atoms with van der Waals surface area (Å²) in [6.45, 7) is 0.0969. The highest BCUT2D eigenvalue weighted by Crippen LogP contribution is 2.47. The molecular formula is C22H20Cl2FNO6. The Bertz CT molecular complexity index is 1100. The molecule has 0 bridgehead atoms. The number of benzene rings is 2. The lowest BCUT2D eigenvalue weighted by Crippen LogP contribution is -2.33. The van der Waals surface area contributed by atoms with Crippen LogP contribution in [0.25, 0.3) is 5.76 Å². The SMILES string of the molecule is COCCN1C(=O)C(=O)/C(=C(/O)c2cc(Cl)c(OC)c(Cl)c2OC)C1c1ccccc1F. The lowest BCUT2D eigenvalue weighted by atomic mass is 9.94. The second-order valence-electron chi connectivity index (χ2n) is 6.79. The van der Waals surface area contributed by atoms with Gasteiger partial charge in [-0.3, -0.25) is 9.59 Å². The topological polar surface area (TPSA) is 85.3 Å². The second kappa shape index (κ2) is 9.77. The van der Waals surface area contributed by atoms with E-state index in [-0.39, 0.29) is 51.4 Å². The molecule has 170 valence electrons. The standard InChI is InChI=1S/C22H20Cl2FNO6/c1-30-9-8-26-17(11-6-4-5-7-14(11)25)15(19(28)22(26)29)18(27)12-10-13(23)21(32-3)16(24)20(12)31-2/h4-7,10,17,27H,8-9H2,1-3H3/b18-15+. The van der Waals surface area contributed by atoms with Gasteiger partial charge in [0.2, 0.25) is 0 Å². The van der Waals surface area contributed by atoms with Crippen molar-refractivity contribution in [2.45, 2.75) is 6.04 Å². The summed E-state index contributed by atoms with van der Waals surface area (Å²) in [7, 11) is 4.09. The van der Waals surface area contributed by atoms with Crippen LogP contribution in [0.1, 0.15) is 17.2 Å². The highest BCUT2D eigenvalue weighted by Gasteiger charge is 2.47. The molecule has 0 saturated carbocycles. The Morgan fingerprint density at radius 3 is 2.38 bits per heavy atom. The van der Waals surface area contributed by atoms with Gasteiger partial charge in [0.1, 0.15) is 16.6 Å². The summed E-state index contributed by atoms with van der Waals surface area (Å²) in [5, 5.41) is 11.2. The van der Waals surface area contributed by atoms with E-state index in [1.807, 2.05) is 0 Å². The van der Waals surface area contributed by atoms with Gasteiger partial charge in [0.25, 0.3) is 11.7 Å². The highest BCUT2D eigenvalue weighted by atomic mass is 35.5. The molecular weight excluding hydrogens is 464 g/mol. The predicted octanol–water partition coefficient (Wildman–Crippen LogP) is 4.22. The van der Waals surface area contributed by atoms with Gasteiger partial charge in [-0.15, -0.1) is 0 Å². The Labute approximate surface area is 193 Å². The molecule has 1 saturated heterocycles. The number of aliphatic hydroxyl groups is 1. The van der Waals surface area contributed by atoms with Crippen molar-refractivity contribution < 1.29 is 33.3 Å². The van der Waals surface area contributed by atoms with Crippen LogP contribution in [0, 0.1) is 5.82 Å². The van der Waals surface area contributed by atoms with Crippen molar-refractivity contribution >= 4 is 40.7 Å². The first-order chi connectivity index (χ1) is 15.3. The summed E-state index contributed by atoms with van der Waals surface area (Å²) in [4.78, 5) is 26.9. The molecule has 1 atom stereocenters. The van der Waals surface area contributed by atoms with Gasteiger partial charge >= 0.3 is 0 Å². The lowest BCUT2D eigenvalue weighted by molar-refractivity contribution is -0.140. The first-order valence-electron chi connectivity index (χ1n) is 9.40. The Balaban J connectivity index is 2.31. The van der Waals surface area contributed by atoms with E-state index in [1.54, 1.807) is 6.07 Å². The van der Waals surface area contributed by atoms with E-state index in [9.17, 15) is 19.1 Å². The summed E-state index contributed by atoms with van der Waals surface area (Å²) in [6, 6.07) is 5.78. The van der Waals surface area contributed by atoms with Crippen molar-refractivity contribution in [3.8, 4) is 11.5 Å². The fourth-order valence-electron chi connectivity index (χ4n) is 3.61. The number of likely N-dealkylation sites (tertiary alicyclic amines) is 1. The fraction of sp³-hybridized carbons (Fsp3) is 0.273. The maximum absolute atomic E-state index is 14.7. The van der Waals surface area contributed by atoms with Gasteiger partial charge in [0, 0.05) is 19.2 Å². The minimum absolute atomic E-state index is 0.00187.